The highest BCUT2D eigenvalue weighted by molar-refractivity contribution is 7.18. The van der Waals surface area contributed by atoms with Gasteiger partial charge in [0, 0.05) is 18.5 Å². The zero-order valence-corrected chi connectivity index (χ0v) is 12.6. The summed E-state index contributed by atoms with van der Waals surface area (Å²) in [5.41, 5.74) is 0. The molecule has 0 atom stereocenters. The fourth-order valence-corrected chi connectivity index (χ4v) is 2.65. The summed E-state index contributed by atoms with van der Waals surface area (Å²) >= 11 is 1.57. The van der Waals surface area contributed by atoms with Gasteiger partial charge in [0.05, 0.1) is 18.4 Å². The predicted octanol–water partition coefficient (Wildman–Crippen LogP) is 1.34. The summed E-state index contributed by atoms with van der Waals surface area (Å²) in [7, 11) is 1.58. The van der Waals surface area contributed by atoms with Crippen LogP contribution in [0.15, 0.2) is 12.4 Å². The van der Waals surface area contributed by atoms with Crippen molar-refractivity contribution in [2.75, 3.05) is 25.5 Å². The second-order valence-corrected chi connectivity index (χ2v) is 5.85. The molecule has 0 spiro atoms. The number of aryl methyl sites for hydroxylation is 1. The fourth-order valence-electron chi connectivity index (χ4n) is 1.80. The maximum absolute atomic E-state index is 11.9. The van der Waals surface area contributed by atoms with Crippen molar-refractivity contribution in [2.24, 2.45) is 0 Å². The van der Waals surface area contributed by atoms with E-state index in [0.717, 1.165) is 15.1 Å². The van der Waals surface area contributed by atoms with Gasteiger partial charge in [0.15, 0.2) is 0 Å². The Morgan fingerprint density at radius 2 is 2.19 bits per heavy atom. The first-order chi connectivity index (χ1) is 9.97. The number of likely N-dealkylation sites (N-methyl/N-ethyl adjacent to an activating group) is 1. The van der Waals surface area contributed by atoms with Crippen LogP contribution in [0.5, 0.6) is 0 Å². The molecule has 0 radical (unpaired) electrons. The summed E-state index contributed by atoms with van der Waals surface area (Å²) in [5.74, 6) is -0.492. The normalized spacial score (nSPS) is 10.6. The average Bonchev–Trinajstić information content (AvgIpc) is 2.82. The molecule has 0 aliphatic rings. The Morgan fingerprint density at radius 3 is 2.90 bits per heavy atom. The van der Waals surface area contributed by atoms with Crippen molar-refractivity contribution < 1.29 is 14.7 Å². The van der Waals surface area contributed by atoms with Gasteiger partial charge in [0.2, 0.25) is 5.91 Å². The van der Waals surface area contributed by atoms with E-state index >= 15 is 0 Å². The lowest BCUT2D eigenvalue weighted by Gasteiger charge is -2.16. The molecule has 2 aromatic rings. The Hall–Kier alpha value is -2.22. The zero-order valence-electron chi connectivity index (χ0n) is 11.8. The number of nitrogens with one attached hydrogen (secondary N) is 1. The Kier molecular flexibility index (Phi) is 4.69. The molecule has 0 aromatic carbocycles. The number of carbonyl (C=O) groups is 2. The number of aromatic nitrogens is 2. The van der Waals surface area contributed by atoms with Crippen LogP contribution in [0.1, 0.15) is 11.3 Å². The highest BCUT2D eigenvalue weighted by atomic mass is 32.1. The van der Waals surface area contributed by atoms with Gasteiger partial charge >= 0.3 is 5.97 Å². The van der Waals surface area contributed by atoms with Gasteiger partial charge in [0.25, 0.3) is 0 Å². The molecule has 2 rings (SSSR count). The SMILES string of the molecule is Cc1cc2c(NCC(=O)N(C)CCC(=O)O)ncnc2s1. The largest absolute Gasteiger partial charge is 0.481 e. The van der Waals surface area contributed by atoms with Gasteiger partial charge in [-0.2, -0.15) is 0 Å². The first kappa shape index (κ1) is 15.2. The van der Waals surface area contributed by atoms with Gasteiger partial charge in [0.1, 0.15) is 17.0 Å². The zero-order chi connectivity index (χ0) is 15.4. The average molecular weight is 308 g/mol. The third-order valence-electron chi connectivity index (χ3n) is 2.95. The Bertz CT molecular complexity index is 670. The number of nitrogens with zero attached hydrogens (tertiary/aromatic N) is 3. The van der Waals surface area contributed by atoms with E-state index in [0.29, 0.717) is 5.82 Å². The summed E-state index contributed by atoms with van der Waals surface area (Å²) in [4.78, 5) is 34.1. The molecule has 0 bridgehead atoms. The molecule has 0 aliphatic heterocycles. The van der Waals surface area contributed by atoms with Crippen LogP contribution >= 0.6 is 11.3 Å². The van der Waals surface area contributed by atoms with E-state index in [1.807, 2.05) is 13.0 Å². The minimum Gasteiger partial charge on any atom is -0.481 e. The monoisotopic (exact) mass is 308 g/mol. The van der Waals surface area contributed by atoms with E-state index in [1.165, 1.54) is 11.2 Å². The van der Waals surface area contributed by atoms with E-state index in [2.05, 4.69) is 15.3 Å². The maximum atomic E-state index is 11.9. The second kappa shape index (κ2) is 6.49. The van der Waals surface area contributed by atoms with Crippen LogP contribution < -0.4 is 5.32 Å². The fraction of sp³-hybridized carbons (Fsp3) is 0.385. The third kappa shape index (κ3) is 3.88. The van der Waals surface area contributed by atoms with Crippen LogP contribution in [0.25, 0.3) is 10.2 Å². The van der Waals surface area contributed by atoms with E-state index in [1.54, 1.807) is 18.4 Å². The summed E-state index contributed by atoms with van der Waals surface area (Å²) in [6.45, 7) is 2.24. The standard InChI is InChI=1S/C13H16N4O3S/c1-8-5-9-12(15-7-16-13(9)21-8)14-6-10(18)17(2)4-3-11(19)20/h5,7H,3-4,6H2,1-2H3,(H,19,20)(H,14,15,16). The summed E-state index contributed by atoms with van der Waals surface area (Å²) in [6.07, 6.45) is 1.39. The van der Waals surface area contributed by atoms with E-state index in [4.69, 9.17) is 5.11 Å². The third-order valence-corrected chi connectivity index (χ3v) is 3.91. The van der Waals surface area contributed by atoms with Crippen molar-refractivity contribution in [2.45, 2.75) is 13.3 Å². The number of carboxylic acids is 1. The highest BCUT2D eigenvalue weighted by Gasteiger charge is 2.12. The Morgan fingerprint density at radius 1 is 1.43 bits per heavy atom. The number of rotatable bonds is 6. The number of aliphatic carboxylic acids is 1. The van der Waals surface area contributed by atoms with Crippen molar-refractivity contribution in [3.63, 3.8) is 0 Å². The molecule has 8 heteroatoms. The molecular formula is C13H16N4O3S. The maximum Gasteiger partial charge on any atom is 0.305 e. The molecule has 0 aliphatic carbocycles. The second-order valence-electron chi connectivity index (χ2n) is 4.61. The minimum atomic E-state index is -0.922. The van der Waals surface area contributed by atoms with E-state index in [-0.39, 0.29) is 25.4 Å². The quantitative estimate of drug-likeness (QED) is 0.836. The van der Waals surface area contributed by atoms with E-state index in [9.17, 15) is 9.59 Å². The molecule has 0 saturated carbocycles. The number of carbonyl (C=O) groups excluding carboxylic acids is 1. The topological polar surface area (TPSA) is 95.4 Å². The summed E-state index contributed by atoms with van der Waals surface area (Å²) in [6, 6.07) is 1.97. The smallest absolute Gasteiger partial charge is 0.305 e. The van der Waals surface area contributed by atoms with Crippen LogP contribution in [0.2, 0.25) is 0 Å². The van der Waals surface area contributed by atoms with Gasteiger partial charge in [-0.25, -0.2) is 9.97 Å². The van der Waals surface area contributed by atoms with Gasteiger partial charge in [-0.15, -0.1) is 11.3 Å². The number of anilines is 1. The van der Waals surface area contributed by atoms with Crippen LogP contribution in [0, 0.1) is 6.92 Å². The van der Waals surface area contributed by atoms with Crippen LogP contribution in [0.4, 0.5) is 5.82 Å². The molecule has 21 heavy (non-hydrogen) atoms. The van der Waals surface area contributed by atoms with Gasteiger partial charge in [-0.1, -0.05) is 0 Å². The van der Waals surface area contributed by atoms with Crippen LogP contribution in [-0.4, -0.2) is 52.0 Å². The molecule has 1 amide bonds. The Balaban J connectivity index is 1.98. The van der Waals surface area contributed by atoms with Gasteiger partial charge in [-0.3, -0.25) is 9.59 Å². The molecular weight excluding hydrogens is 292 g/mol. The number of fused-ring (bicyclic) bond motifs is 1. The molecule has 0 saturated heterocycles. The van der Waals surface area contributed by atoms with Crippen molar-refractivity contribution in [3.8, 4) is 0 Å². The van der Waals surface area contributed by atoms with Gasteiger partial charge in [-0.05, 0) is 13.0 Å². The van der Waals surface area contributed by atoms with Gasteiger partial charge < -0.3 is 15.3 Å². The first-order valence-corrected chi connectivity index (χ1v) is 7.20. The van der Waals surface area contributed by atoms with Crippen molar-refractivity contribution in [1.29, 1.82) is 0 Å². The number of thiophene rings is 1. The minimum absolute atomic E-state index is 0.0658. The number of hydrogen-bond donors (Lipinski definition) is 2. The van der Waals surface area contributed by atoms with Crippen molar-refractivity contribution in [1.82, 2.24) is 14.9 Å². The van der Waals surface area contributed by atoms with Crippen LogP contribution in [-0.2, 0) is 9.59 Å². The number of amides is 1. The first-order valence-electron chi connectivity index (χ1n) is 6.38. The molecule has 0 fully saturated rings. The molecule has 2 aromatic heterocycles. The molecule has 0 unspecified atom stereocenters. The molecule has 2 N–H and O–H groups in total. The van der Waals surface area contributed by atoms with E-state index < -0.39 is 5.97 Å². The number of carboxylic acid groups (broad SMARTS) is 1. The number of hydrogen-bond acceptors (Lipinski definition) is 6. The summed E-state index contributed by atoms with van der Waals surface area (Å²) < 4.78 is 0. The van der Waals surface area contributed by atoms with Crippen molar-refractivity contribution >= 4 is 39.2 Å². The lowest BCUT2D eigenvalue weighted by atomic mass is 10.3. The predicted molar refractivity (Wildman–Crippen MR) is 80.5 cm³/mol. The molecule has 2 heterocycles. The van der Waals surface area contributed by atoms with Crippen LogP contribution in [0.3, 0.4) is 0 Å². The van der Waals surface area contributed by atoms with Crippen molar-refractivity contribution in [3.05, 3.63) is 17.3 Å². The summed E-state index contributed by atoms with van der Waals surface area (Å²) in [5, 5.41) is 12.5. The lowest BCUT2D eigenvalue weighted by molar-refractivity contribution is -0.138. The lowest BCUT2D eigenvalue weighted by Crippen LogP contribution is -2.33. The Labute approximate surface area is 125 Å². The molecule has 112 valence electrons. The highest BCUT2D eigenvalue weighted by Crippen LogP contribution is 2.27. The molecule has 7 nitrogen and oxygen atoms in total.